The molecule has 0 amide bonds. The predicted octanol–water partition coefficient (Wildman–Crippen LogP) is 4.11. The van der Waals surface area contributed by atoms with Gasteiger partial charge in [-0.25, -0.2) is 4.98 Å². The van der Waals surface area contributed by atoms with Crippen molar-refractivity contribution in [1.82, 2.24) is 9.55 Å². The van der Waals surface area contributed by atoms with Gasteiger partial charge >= 0.3 is 0 Å². The van der Waals surface area contributed by atoms with Gasteiger partial charge in [0.15, 0.2) is 0 Å². The van der Waals surface area contributed by atoms with Gasteiger partial charge in [0, 0.05) is 12.4 Å². The monoisotopic (exact) mass is 271 g/mol. The first-order chi connectivity index (χ1) is 9.29. The SMILES string of the molecule is CC1CCC(C#N)C(n2ccnc2-c2cccs2)C1. The highest BCUT2D eigenvalue weighted by Crippen LogP contribution is 2.39. The lowest BCUT2D eigenvalue weighted by molar-refractivity contribution is 0.234. The number of aromatic nitrogens is 2. The van der Waals surface area contributed by atoms with Crippen LogP contribution in [0.2, 0.25) is 0 Å². The quantitative estimate of drug-likeness (QED) is 0.824. The second kappa shape index (κ2) is 5.18. The van der Waals surface area contributed by atoms with E-state index >= 15 is 0 Å². The van der Waals surface area contributed by atoms with Gasteiger partial charge in [-0.15, -0.1) is 11.3 Å². The number of hydrogen-bond donors (Lipinski definition) is 0. The van der Waals surface area contributed by atoms with Crippen LogP contribution in [0, 0.1) is 23.2 Å². The molecule has 1 aliphatic rings. The van der Waals surface area contributed by atoms with Gasteiger partial charge < -0.3 is 4.57 Å². The molecule has 4 heteroatoms. The minimum atomic E-state index is 0.115. The van der Waals surface area contributed by atoms with Gasteiger partial charge in [-0.3, -0.25) is 0 Å². The maximum absolute atomic E-state index is 9.39. The highest BCUT2D eigenvalue weighted by atomic mass is 32.1. The molecule has 1 saturated carbocycles. The van der Waals surface area contributed by atoms with Crippen molar-refractivity contribution in [3.05, 3.63) is 29.9 Å². The molecule has 98 valence electrons. The van der Waals surface area contributed by atoms with Gasteiger partial charge in [0.1, 0.15) is 5.82 Å². The Morgan fingerprint density at radius 3 is 3.11 bits per heavy atom. The molecular weight excluding hydrogens is 254 g/mol. The van der Waals surface area contributed by atoms with Crippen molar-refractivity contribution in [2.75, 3.05) is 0 Å². The van der Waals surface area contributed by atoms with Crippen molar-refractivity contribution in [3.63, 3.8) is 0 Å². The molecule has 2 heterocycles. The van der Waals surface area contributed by atoms with E-state index in [0.29, 0.717) is 5.92 Å². The summed E-state index contributed by atoms with van der Waals surface area (Å²) >= 11 is 1.70. The highest BCUT2D eigenvalue weighted by molar-refractivity contribution is 7.13. The Kier molecular flexibility index (Phi) is 3.39. The molecule has 0 N–H and O–H groups in total. The molecule has 0 aliphatic heterocycles. The Bertz CT molecular complexity index is 579. The number of nitrogens with zero attached hydrogens (tertiary/aromatic N) is 3. The summed E-state index contributed by atoms with van der Waals surface area (Å²) in [5.41, 5.74) is 0. The van der Waals surface area contributed by atoms with Crippen molar-refractivity contribution >= 4 is 11.3 Å². The van der Waals surface area contributed by atoms with Gasteiger partial charge in [0.25, 0.3) is 0 Å². The zero-order valence-electron chi connectivity index (χ0n) is 11.0. The Hall–Kier alpha value is -1.60. The van der Waals surface area contributed by atoms with E-state index < -0.39 is 0 Å². The molecule has 3 nitrogen and oxygen atoms in total. The number of rotatable bonds is 2. The van der Waals surface area contributed by atoms with Crippen molar-refractivity contribution in [3.8, 4) is 16.8 Å². The molecule has 0 spiro atoms. The molecule has 1 fully saturated rings. The van der Waals surface area contributed by atoms with Crippen LogP contribution in [0.25, 0.3) is 10.7 Å². The minimum absolute atomic E-state index is 0.115. The van der Waals surface area contributed by atoms with Crippen LogP contribution in [0.15, 0.2) is 29.9 Å². The van der Waals surface area contributed by atoms with Crippen LogP contribution in [-0.2, 0) is 0 Å². The summed E-state index contributed by atoms with van der Waals surface area (Å²) in [5.74, 6) is 1.81. The molecular formula is C15H17N3S. The number of hydrogen-bond acceptors (Lipinski definition) is 3. The van der Waals surface area contributed by atoms with E-state index in [-0.39, 0.29) is 12.0 Å². The molecule has 2 aromatic heterocycles. The fraction of sp³-hybridized carbons (Fsp3) is 0.467. The summed E-state index contributed by atoms with van der Waals surface area (Å²) in [6.45, 7) is 2.28. The minimum Gasteiger partial charge on any atom is -0.326 e. The summed E-state index contributed by atoms with van der Waals surface area (Å²) in [6.07, 6.45) is 7.12. The van der Waals surface area contributed by atoms with E-state index in [2.05, 4.69) is 34.0 Å². The van der Waals surface area contributed by atoms with Crippen molar-refractivity contribution in [2.24, 2.45) is 11.8 Å². The molecule has 3 unspecified atom stereocenters. The topological polar surface area (TPSA) is 41.6 Å². The van der Waals surface area contributed by atoms with E-state index in [1.165, 1.54) is 4.88 Å². The first kappa shape index (κ1) is 12.4. The zero-order chi connectivity index (χ0) is 13.2. The predicted molar refractivity (Wildman–Crippen MR) is 76.7 cm³/mol. The summed E-state index contributed by atoms with van der Waals surface area (Å²) in [5, 5.41) is 11.5. The maximum atomic E-state index is 9.39. The summed E-state index contributed by atoms with van der Waals surface area (Å²) in [7, 11) is 0. The van der Waals surface area contributed by atoms with Gasteiger partial charge in [-0.05, 0) is 36.6 Å². The van der Waals surface area contributed by atoms with E-state index in [1.54, 1.807) is 11.3 Å². The molecule has 3 rings (SSSR count). The van der Waals surface area contributed by atoms with E-state index in [0.717, 1.165) is 25.1 Å². The van der Waals surface area contributed by atoms with E-state index in [4.69, 9.17) is 0 Å². The van der Waals surface area contributed by atoms with Crippen LogP contribution in [0.1, 0.15) is 32.2 Å². The fourth-order valence-electron chi connectivity index (χ4n) is 2.99. The molecule has 3 atom stereocenters. The second-order valence-corrected chi connectivity index (χ2v) is 6.30. The normalized spacial score (nSPS) is 27.1. The first-order valence-corrected chi connectivity index (χ1v) is 7.64. The molecule has 2 aromatic rings. The largest absolute Gasteiger partial charge is 0.326 e. The summed E-state index contributed by atoms with van der Waals surface area (Å²) in [4.78, 5) is 5.67. The van der Waals surface area contributed by atoms with Crippen LogP contribution in [0.4, 0.5) is 0 Å². The standard InChI is InChI=1S/C15H17N3S/c1-11-4-5-12(10-16)13(9-11)18-7-6-17-15(18)14-3-2-8-19-14/h2-3,6-8,11-13H,4-5,9H2,1H3. The Morgan fingerprint density at radius 1 is 1.47 bits per heavy atom. The molecule has 0 bridgehead atoms. The number of imidazole rings is 1. The Morgan fingerprint density at radius 2 is 2.37 bits per heavy atom. The number of nitriles is 1. The molecule has 0 saturated heterocycles. The average Bonchev–Trinajstić information content (AvgIpc) is 3.09. The highest BCUT2D eigenvalue weighted by Gasteiger charge is 2.31. The van der Waals surface area contributed by atoms with E-state index in [9.17, 15) is 5.26 Å². The Labute approximate surface area is 117 Å². The lowest BCUT2D eigenvalue weighted by Gasteiger charge is -2.32. The van der Waals surface area contributed by atoms with Gasteiger partial charge in [-0.1, -0.05) is 13.0 Å². The Balaban J connectivity index is 1.97. The lowest BCUT2D eigenvalue weighted by Crippen LogP contribution is -2.26. The lowest BCUT2D eigenvalue weighted by atomic mass is 9.79. The molecule has 0 aromatic carbocycles. The maximum Gasteiger partial charge on any atom is 0.150 e. The third kappa shape index (κ3) is 2.31. The van der Waals surface area contributed by atoms with Crippen LogP contribution < -0.4 is 0 Å². The fourth-order valence-corrected chi connectivity index (χ4v) is 3.71. The van der Waals surface area contributed by atoms with Crippen LogP contribution in [0.5, 0.6) is 0 Å². The zero-order valence-corrected chi connectivity index (χ0v) is 11.8. The third-order valence-corrected chi connectivity index (χ3v) is 4.88. The average molecular weight is 271 g/mol. The molecule has 1 aliphatic carbocycles. The summed E-state index contributed by atoms with van der Waals surface area (Å²) in [6, 6.07) is 6.90. The van der Waals surface area contributed by atoms with Crippen LogP contribution in [0.3, 0.4) is 0 Å². The van der Waals surface area contributed by atoms with Crippen molar-refractivity contribution in [1.29, 1.82) is 5.26 Å². The molecule has 0 radical (unpaired) electrons. The van der Waals surface area contributed by atoms with E-state index in [1.807, 2.05) is 18.5 Å². The number of thiophene rings is 1. The smallest absolute Gasteiger partial charge is 0.150 e. The third-order valence-electron chi connectivity index (χ3n) is 4.01. The second-order valence-electron chi connectivity index (χ2n) is 5.36. The van der Waals surface area contributed by atoms with Gasteiger partial charge in [-0.2, -0.15) is 5.26 Å². The van der Waals surface area contributed by atoms with Crippen molar-refractivity contribution < 1.29 is 0 Å². The van der Waals surface area contributed by atoms with Crippen molar-refractivity contribution in [2.45, 2.75) is 32.2 Å². The van der Waals surface area contributed by atoms with Crippen LogP contribution >= 0.6 is 11.3 Å². The van der Waals surface area contributed by atoms with Gasteiger partial charge in [0.05, 0.1) is 22.9 Å². The molecule has 19 heavy (non-hydrogen) atoms. The van der Waals surface area contributed by atoms with Crippen LogP contribution in [-0.4, -0.2) is 9.55 Å². The van der Waals surface area contributed by atoms with Gasteiger partial charge in [0.2, 0.25) is 0 Å². The summed E-state index contributed by atoms with van der Waals surface area (Å²) < 4.78 is 2.22. The first-order valence-electron chi connectivity index (χ1n) is 6.76.